The molecule has 2 heterocycles. The molecule has 0 aliphatic rings. The van der Waals surface area contributed by atoms with Crippen LogP contribution >= 0.6 is 11.3 Å². The van der Waals surface area contributed by atoms with Gasteiger partial charge in [-0.2, -0.15) is 5.10 Å². The molecule has 27 heavy (non-hydrogen) atoms. The highest BCUT2D eigenvalue weighted by Crippen LogP contribution is 2.27. The fraction of sp³-hybridized carbons (Fsp3) is 0.316. The first-order valence-electron chi connectivity index (χ1n) is 8.65. The number of amides is 1. The molecule has 142 valence electrons. The molecule has 1 amide bonds. The standard InChI is InChI=1S/C19H23N5O2S/c1-12(2)26-15-7-5-13(6-8-15)16-11-27-19(22-16)23-18(25)17(20-3)14-9-21-24(4)10-14/h5-12,17,20H,1-4H3,(H,22,23,25). The lowest BCUT2D eigenvalue weighted by Gasteiger charge is -2.13. The van der Waals surface area contributed by atoms with E-state index < -0.39 is 6.04 Å². The fourth-order valence-electron chi connectivity index (χ4n) is 2.66. The lowest BCUT2D eigenvalue weighted by atomic mass is 10.1. The molecule has 3 rings (SSSR count). The number of hydrogen-bond acceptors (Lipinski definition) is 6. The zero-order chi connectivity index (χ0) is 19.4. The second-order valence-corrected chi connectivity index (χ2v) is 7.25. The van der Waals surface area contributed by atoms with E-state index in [1.807, 2.05) is 56.7 Å². The monoisotopic (exact) mass is 385 g/mol. The van der Waals surface area contributed by atoms with Gasteiger partial charge in [-0.25, -0.2) is 4.98 Å². The van der Waals surface area contributed by atoms with Gasteiger partial charge in [-0.15, -0.1) is 11.3 Å². The van der Waals surface area contributed by atoms with Crippen molar-refractivity contribution in [3.63, 3.8) is 0 Å². The quantitative estimate of drug-likeness (QED) is 0.653. The van der Waals surface area contributed by atoms with E-state index in [-0.39, 0.29) is 12.0 Å². The minimum absolute atomic E-state index is 0.136. The number of ether oxygens (including phenoxy) is 1. The molecule has 1 aromatic carbocycles. The summed E-state index contributed by atoms with van der Waals surface area (Å²) >= 11 is 1.39. The number of likely N-dealkylation sites (N-methyl/N-ethyl adjacent to an activating group) is 1. The highest BCUT2D eigenvalue weighted by Gasteiger charge is 2.21. The summed E-state index contributed by atoms with van der Waals surface area (Å²) < 4.78 is 7.32. The number of nitrogens with one attached hydrogen (secondary N) is 2. The zero-order valence-corrected chi connectivity index (χ0v) is 16.6. The Morgan fingerprint density at radius 3 is 2.59 bits per heavy atom. The third kappa shape index (κ3) is 4.72. The van der Waals surface area contributed by atoms with Crippen LogP contribution in [-0.2, 0) is 11.8 Å². The van der Waals surface area contributed by atoms with E-state index in [1.54, 1.807) is 17.9 Å². The van der Waals surface area contributed by atoms with Gasteiger partial charge in [0.25, 0.3) is 0 Å². The molecule has 0 saturated heterocycles. The Kier molecular flexibility index (Phi) is 5.88. The zero-order valence-electron chi connectivity index (χ0n) is 15.8. The molecule has 0 spiro atoms. The average Bonchev–Trinajstić information content (AvgIpc) is 3.25. The van der Waals surface area contributed by atoms with E-state index in [2.05, 4.69) is 20.7 Å². The number of aryl methyl sites for hydroxylation is 1. The molecule has 0 bridgehead atoms. The van der Waals surface area contributed by atoms with Crippen LogP contribution in [0.1, 0.15) is 25.5 Å². The van der Waals surface area contributed by atoms with Crippen molar-refractivity contribution in [3.05, 3.63) is 47.6 Å². The molecule has 1 atom stereocenters. The highest BCUT2D eigenvalue weighted by molar-refractivity contribution is 7.14. The molecule has 7 nitrogen and oxygen atoms in total. The van der Waals surface area contributed by atoms with E-state index >= 15 is 0 Å². The number of anilines is 1. The van der Waals surface area contributed by atoms with Crippen LogP contribution in [0.25, 0.3) is 11.3 Å². The predicted molar refractivity (Wildman–Crippen MR) is 107 cm³/mol. The molecule has 0 saturated carbocycles. The molecule has 0 radical (unpaired) electrons. The van der Waals surface area contributed by atoms with Crippen LogP contribution in [0, 0.1) is 0 Å². The number of rotatable bonds is 7. The first-order valence-corrected chi connectivity index (χ1v) is 9.53. The van der Waals surface area contributed by atoms with Crippen molar-refractivity contribution < 1.29 is 9.53 Å². The molecule has 0 aliphatic heterocycles. The Morgan fingerprint density at radius 1 is 1.26 bits per heavy atom. The second-order valence-electron chi connectivity index (χ2n) is 6.39. The molecule has 3 aromatic rings. The normalized spacial score (nSPS) is 12.2. The number of nitrogens with zero attached hydrogens (tertiary/aromatic N) is 3. The van der Waals surface area contributed by atoms with Crippen LogP contribution in [0.3, 0.4) is 0 Å². The predicted octanol–water partition coefficient (Wildman–Crippen LogP) is 3.23. The average molecular weight is 385 g/mol. The van der Waals surface area contributed by atoms with E-state index in [1.165, 1.54) is 11.3 Å². The summed E-state index contributed by atoms with van der Waals surface area (Å²) in [5, 5.41) is 12.5. The molecule has 0 aliphatic carbocycles. The summed E-state index contributed by atoms with van der Waals surface area (Å²) in [7, 11) is 3.56. The summed E-state index contributed by atoms with van der Waals surface area (Å²) in [5.41, 5.74) is 2.59. The van der Waals surface area contributed by atoms with Gasteiger partial charge in [-0.1, -0.05) is 0 Å². The van der Waals surface area contributed by atoms with Gasteiger partial charge in [0, 0.05) is 29.8 Å². The van der Waals surface area contributed by atoms with Gasteiger partial charge in [0.1, 0.15) is 11.8 Å². The lowest BCUT2D eigenvalue weighted by Crippen LogP contribution is -2.30. The van der Waals surface area contributed by atoms with E-state index in [4.69, 9.17) is 4.74 Å². The summed E-state index contributed by atoms with van der Waals surface area (Å²) in [5.74, 6) is 0.651. The first kappa shape index (κ1) is 19.1. The SMILES string of the molecule is CNC(C(=O)Nc1nc(-c2ccc(OC(C)C)cc2)cs1)c1cnn(C)c1. The van der Waals surface area contributed by atoms with E-state index in [0.717, 1.165) is 22.6 Å². The van der Waals surface area contributed by atoms with Gasteiger partial charge in [-0.3, -0.25) is 9.48 Å². The van der Waals surface area contributed by atoms with Gasteiger partial charge in [0.2, 0.25) is 5.91 Å². The Bertz CT molecular complexity index is 901. The van der Waals surface area contributed by atoms with Gasteiger partial charge in [-0.05, 0) is 45.2 Å². The first-order chi connectivity index (χ1) is 13.0. The second kappa shape index (κ2) is 8.32. The van der Waals surface area contributed by atoms with Gasteiger partial charge < -0.3 is 15.4 Å². The molecule has 1 unspecified atom stereocenters. The Hall–Kier alpha value is -2.71. The van der Waals surface area contributed by atoms with Crippen LogP contribution in [0.5, 0.6) is 5.75 Å². The minimum Gasteiger partial charge on any atom is -0.491 e. The largest absolute Gasteiger partial charge is 0.491 e. The van der Waals surface area contributed by atoms with Crippen molar-refractivity contribution in [1.29, 1.82) is 0 Å². The highest BCUT2D eigenvalue weighted by atomic mass is 32.1. The van der Waals surface area contributed by atoms with Crippen LogP contribution in [0.2, 0.25) is 0 Å². The van der Waals surface area contributed by atoms with Crippen LogP contribution in [0.4, 0.5) is 5.13 Å². The number of carbonyl (C=O) groups excluding carboxylic acids is 1. The Balaban J connectivity index is 1.69. The van der Waals surface area contributed by atoms with E-state index in [9.17, 15) is 4.79 Å². The van der Waals surface area contributed by atoms with Crippen molar-refractivity contribution in [2.75, 3.05) is 12.4 Å². The van der Waals surface area contributed by atoms with Gasteiger partial charge in [0.15, 0.2) is 5.13 Å². The van der Waals surface area contributed by atoms with Crippen LogP contribution < -0.4 is 15.4 Å². The smallest absolute Gasteiger partial charge is 0.247 e. The molecule has 2 aromatic heterocycles. The van der Waals surface area contributed by atoms with Crippen molar-refractivity contribution in [2.24, 2.45) is 7.05 Å². The maximum Gasteiger partial charge on any atom is 0.247 e. The van der Waals surface area contributed by atoms with Crippen molar-refractivity contribution >= 4 is 22.4 Å². The molecular weight excluding hydrogens is 362 g/mol. The minimum atomic E-state index is -0.487. The number of aromatic nitrogens is 3. The number of hydrogen-bond donors (Lipinski definition) is 2. The summed E-state index contributed by atoms with van der Waals surface area (Å²) in [4.78, 5) is 17.1. The van der Waals surface area contributed by atoms with Crippen LogP contribution in [-0.4, -0.2) is 33.8 Å². The maximum absolute atomic E-state index is 12.6. The topological polar surface area (TPSA) is 81.1 Å². The maximum atomic E-state index is 12.6. The van der Waals surface area contributed by atoms with Gasteiger partial charge >= 0.3 is 0 Å². The summed E-state index contributed by atoms with van der Waals surface area (Å²) in [6, 6.07) is 7.28. The van der Waals surface area contributed by atoms with Crippen molar-refractivity contribution in [1.82, 2.24) is 20.1 Å². The van der Waals surface area contributed by atoms with Crippen molar-refractivity contribution in [3.8, 4) is 17.0 Å². The number of benzene rings is 1. The Labute approximate surface area is 162 Å². The Morgan fingerprint density at radius 2 is 2.00 bits per heavy atom. The fourth-order valence-corrected chi connectivity index (χ4v) is 3.38. The summed E-state index contributed by atoms with van der Waals surface area (Å²) in [6.45, 7) is 3.99. The summed E-state index contributed by atoms with van der Waals surface area (Å²) in [6.07, 6.45) is 3.63. The molecule has 2 N–H and O–H groups in total. The third-order valence-corrected chi connectivity index (χ3v) is 4.62. The molecular formula is C19H23N5O2S. The van der Waals surface area contributed by atoms with Crippen molar-refractivity contribution in [2.45, 2.75) is 26.0 Å². The van der Waals surface area contributed by atoms with Gasteiger partial charge in [0.05, 0.1) is 18.0 Å². The third-order valence-electron chi connectivity index (χ3n) is 3.87. The van der Waals surface area contributed by atoms with Crippen LogP contribution in [0.15, 0.2) is 42.0 Å². The molecule has 8 heteroatoms. The van der Waals surface area contributed by atoms with E-state index in [0.29, 0.717) is 5.13 Å². The number of thiazole rings is 1. The molecule has 0 fully saturated rings. The number of carbonyl (C=O) groups is 1. The lowest BCUT2D eigenvalue weighted by molar-refractivity contribution is -0.118.